The van der Waals surface area contributed by atoms with Gasteiger partial charge in [0.15, 0.2) is 0 Å². The fourth-order valence-corrected chi connectivity index (χ4v) is 4.98. The van der Waals surface area contributed by atoms with E-state index in [0.29, 0.717) is 11.0 Å². The van der Waals surface area contributed by atoms with E-state index in [1.165, 1.54) is 29.7 Å². The highest BCUT2D eigenvalue weighted by molar-refractivity contribution is 7.99. The third-order valence-corrected chi connectivity index (χ3v) is 6.29. The zero-order valence-electron chi connectivity index (χ0n) is 11.6. The van der Waals surface area contributed by atoms with Gasteiger partial charge in [0.2, 0.25) is 0 Å². The molecule has 3 rings (SSSR count). The molecule has 1 aromatic rings. The summed E-state index contributed by atoms with van der Waals surface area (Å²) in [6.45, 7) is 2.30. The molecular weight excluding hydrogens is 254 g/mol. The maximum Gasteiger partial charge on any atom is 0.115 e. The van der Waals surface area contributed by atoms with Gasteiger partial charge in [-0.05, 0) is 54.7 Å². The summed E-state index contributed by atoms with van der Waals surface area (Å²) >= 11 is 2.09. The fraction of sp³-hybridized carbons (Fsp3) is 0.625. The molecule has 3 N–H and O–H groups in total. The van der Waals surface area contributed by atoms with Crippen LogP contribution < -0.4 is 5.73 Å². The molecule has 3 heteroatoms. The Bertz CT molecular complexity index is 476. The number of hydrogen-bond donors (Lipinski definition) is 2. The number of rotatable bonds is 0. The van der Waals surface area contributed by atoms with Crippen molar-refractivity contribution in [1.29, 1.82) is 0 Å². The van der Waals surface area contributed by atoms with Crippen LogP contribution in [0.1, 0.15) is 43.7 Å². The molecule has 2 aliphatic rings. The van der Waals surface area contributed by atoms with E-state index in [0.717, 1.165) is 19.3 Å². The number of phenolic OH excluding ortho intramolecular Hbond substituents is 1. The molecule has 1 heterocycles. The molecule has 2 nitrogen and oxygen atoms in total. The Kier molecular flexibility index (Phi) is 3.52. The van der Waals surface area contributed by atoms with Gasteiger partial charge in [0.25, 0.3) is 0 Å². The van der Waals surface area contributed by atoms with Crippen LogP contribution in [0.5, 0.6) is 5.75 Å². The van der Waals surface area contributed by atoms with E-state index in [-0.39, 0.29) is 11.5 Å². The second kappa shape index (κ2) is 5.02. The molecule has 0 amide bonds. The van der Waals surface area contributed by atoms with Crippen molar-refractivity contribution in [2.75, 3.05) is 5.75 Å². The quantitative estimate of drug-likeness (QED) is 0.765. The highest BCUT2D eigenvalue weighted by atomic mass is 32.2. The van der Waals surface area contributed by atoms with Crippen molar-refractivity contribution in [2.24, 2.45) is 5.73 Å². The van der Waals surface area contributed by atoms with Gasteiger partial charge in [0.1, 0.15) is 5.75 Å². The van der Waals surface area contributed by atoms with Crippen molar-refractivity contribution < 1.29 is 5.11 Å². The summed E-state index contributed by atoms with van der Waals surface area (Å²) in [4.78, 5) is 0. The molecule has 2 unspecified atom stereocenters. The zero-order chi connectivity index (χ0) is 13.5. The van der Waals surface area contributed by atoms with E-state index in [9.17, 15) is 5.11 Å². The van der Waals surface area contributed by atoms with Crippen LogP contribution in [0.3, 0.4) is 0 Å². The number of hydrogen-bond acceptors (Lipinski definition) is 3. The topological polar surface area (TPSA) is 46.2 Å². The fourth-order valence-electron chi connectivity index (χ4n) is 3.64. The summed E-state index contributed by atoms with van der Waals surface area (Å²) in [5.41, 5.74) is 9.28. The third-order valence-electron chi connectivity index (χ3n) is 4.94. The van der Waals surface area contributed by atoms with Crippen molar-refractivity contribution >= 4 is 11.8 Å². The van der Waals surface area contributed by atoms with E-state index in [2.05, 4.69) is 24.8 Å². The molecule has 2 bridgehead atoms. The number of fused-ring (bicyclic) bond motifs is 5. The molecule has 0 saturated carbocycles. The van der Waals surface area contributed by atoms with E-state index in [1.54, 1.807) is 0 Å². The molecule has 1 aromatic carbocycles. The first-order valence-corrected chi connectivity index (χ1v) is 8.34. The van der Waals surface area contributed by atoms with Crippen molar-refractivity contribution in [1.82, 2.24) is 0 Å². The number of phenols is 1. The van der Waals surface area contributed by atoms with Gasteiger partial charge in [-0.2, -0.15) is 11.8 Å². The van der Waals surface area contributed by atoms with Crippen molar-refractivity contribution in [3.05, 3.63) is 29.3 Å². The molecule has 1 saturated heterocycles. The van der Waals surface area contributed by atoms with E-state index < -0.39 is 0 Å². The van der Waals surface area contributed by atoms with Gasteiger partial charge in [-0.15, -0.1) is 0 Å². The van der Waals surface area contributed by atoms with Crippen molar-refractivity contribution in [2.45, 2.75) is 55.7 Å². The lowest BCUT2D eigenvalue weighted by molar-refractivity contribution is 0.331. The van der Waals surface area contributed by atoms with Crippen LogP contribution >= 0.6 is 11.8 Å². The van der Waals surface area contributed by atoms with Gasteiger partial charge in [-0.3, -0.25) is 0 Å². The normalized spacial score (nSPS) is 34.8. The molecule has 3 atom stereocenters. The van der Waals surface area contributed by atoms with Crippen molar-refractivity contribution in [3.63, 3.8) is 0 Å². The van der Waals surface area contributed by atoms with Crippen LogP contribution in [0.2, 0.25) is 0 Å². The summed E-state index contributed by atoms with van der Waals surface area (Å²) < 4.78 is 0. The lowest BCUT2D eigenvalue weighted by atomic mass is 9.71. The first kappa shape index (κ1) is 13.3. The molecule has 1 aliphatic carbocycles. The maximum absolute atomic E-state index is 9.86. The maximum atomic E-state index is 9.86. The van der Waals surface area contributed by atoms with Crippen LogP contribution in [0, 0.1) is 0 Å². The van der Waals surface area contributed by atoms with Gasteiger partial charge >= 0.3 is 0 Å². The van der Waals surface area contributed by atoms with E-state index in [4.69, 9.17) is 5.73 Å². The molecular formula is C16H23NOS. The van der Waals surface area contributed by atoms with Gasteiger partial charge in [0, 0.05) is 16.7 Å². The molecule has 1 aliphatic heterocycles. The van der Waals surface area contributed by atoms with Crippen LogP contribution in [0.15, 0.2) is 18.2 Å². The molecule has 0 spiro atoms. The van der Waals surface area contributed by atoms with Gasteiger partial charge < -0.3 is 10.8 Å². The first-order chi connectivity index (χ1) is 9.09. The average molecular weight is 277 g/mol. The standard InChI is InChI=1S/C16H23NOS/c1-16-6-2-3-7-19-13(10-15(16)17)8-11-4-5-12(18)9-14(11)16/h4-5,9,13,15,18H,2-3,6-8,10,17H2,1H3/t13?,15-,16?/m1/s1. The number of aromatic hydroxyl groups is 1. The average Bonchev–Trinajstić information content (AvgIpc) is 2.43. The van der Waals surface area contributed by atoms with Gasteiger partial charge in [0.05, 0.1) is 0 Å². The van der Waals surface area contributed by atoms with Crippen LogP contribution in [0.4, 0.5) is 0 Å². The molecule has 1 fully saturated rings. The predicted octanol–water partition coefficient (Wildman–Crippen LogP) is 3.21. The minimum absolute atomic E-state index is 0.0216. The minimum atomic E-state index is 0.0216. The number of benzene rings is 1. The Morgan fingerprint density at radius 1 is 1.37 bits per heavy atom. The van der Waals surface area contributed by atoms with Crippen LogP contribution in [0.25, 0.3) is 0 Å². The second-order valence-corrected chi connectivity index (χ2v) is 7.66. The lowest BCUT2D eigenvalue weighted by Crippen LogP contribution is -2.43. The third kappa shape index (κ3) is 2.38. The first-order valence-electron chi connectivity index (χ1n) is 7.29. The Hall–Kier alpha value is -0.670. The Morgan fingerprint density at radius 2 is 2.21 bits per heavy atom. The van der Waals surface area contributed by atoms with Gasteiger partial charge in [-0.1, -0.05) is 19.4 Å². The summed E-state index contributed by atoms with van der Waals surface area (Å²) in [6.07, 6.45) is 5.86. The minimum Gasteiger partial charge on any atom is -0.508 e. The van der Waals surface area contributed by atoms with E-state index in [1.807, 2.05) is 12.1 Å². The molecule has 104 valence electrons. The predicted molar refractivity (Wildman–Crippen MR) is 81.9 cm³/mol. The van der Waals surface area contributed by atoms with Crippen LogP contribution in [-0.4, -0.2) is 22.2 Å². The number of nitrogens with two attached hydrogens (primary N) is 1. The Balaban J connectivity index is 2.13. The smallest absolute Gasteiger partial charge is 0.115 e. The summed E-state index contributed by atoms with van der Waals surface area (Å²) in [7, 11) is 0. The zero-order valence-corrected chi connectivity index (χ0v) is 12.4. The van der Waals surface area contributed by atoms with Gasteiger partial charge in [-0.25, -0.2) is 0 Å². The SMILES string of the molecule is CC12CCCCSC(Cc3ccc(O)cc31)C[C@H]2N. The lowest BCUT2D eigenvalue weighted by Gasteiger charge is -2.36. The molecule has 0 aromatic heterocycles. The molecule has 0 radical (unpaired) electrons. The Morgan fingerprint density at radius 3 is 3.05 bits per heavy atom. The highest BCUT2D eigenvalue weighted by Gasteiger charge is 2.40. The number of thioether (sulfide) groups is 1. The largest absolute Gasteiger partial charge is 0.508 e. The van der Waals surface area contributed by atoms with Crippen LogP contribution in [-0.2, 0) is 11.8 Å². The highest BCUT2D eigenvalue weighted by Crippen LogP contribution is 2.44. The Labute approximate surface area is 119 Å². The molecule has 19 heavy (non-hydrogen) atoms. The monoisotopic (exact) mass is 277 g/mol. The second-order valence-electron chi connectivity index (χ2n) is 6.26. The van der Waals surface area contributed by atoms with Crippen molar-refractivity contribution in [3.8, 4) is 5.75 Å². The summed E-state index contributed by atoms with van der Waals surface area (Å²) in [5, 5.41) is 10.5. The summed E-state index contributed by atoms with van der Waals surface area (Å²) in [6, 6.07) is 6.09. The van der Waals surface area contributed by atoms with E-state index >= 15 is 0 Å². The summed E-state index contributed by atoms with van der Waals surface area (Å²) in [5.74, 6) is 1.64.